The highest BCUT2D eigenvalue weighted by Crippen LogP contribution is 2.29. The third-order valence-electron chi connectivity index (χ3n) is 4.54. The second-order valence-electron chi connectivity index (χ2n) is 6.93. The summed E-state index contributed by atoms with van der Waals surface area (Å²) in [6, 6.07) is 14.8. The van der Waals surface area contributed by atoms with E-state index < -0.39 is 12.1 Å². The van der Waals surface area contributed by atoms with Gasteiger partial charge in [0.05, 0.1) is 12.1 Å². The number of urea groups is 1. The van der Waals surface area contributed by atoms with Crippen LogP contribution < -0.4 is 10.2 Å². The molecule has 2 aromatic carbocycles. The monoisotopic (exact) mass is 365 g/mol. The lowest BCUT2D eigenvalue weighted by Gasteiger charge is -2.25. The van der Waals surface area contributed by atoms with Crippen LogP contribution >= 0.6 is 0 Å². The van der Waals surface area contributed by atoms with Crippen molar-refractivity contribution < 1.29 is 14.4 Å². The molecule has 1 aliphatic rings. The first kappa shape index (κ1) is 18.6. The maximum absolute atomic E-state index is 13.0. The summed E-state index contributed by atoms with van der Waals surface area (Å²) in [7, 11) is 0. The van der Waals surface area contributed by atoms with E-state index in [1.807, 2.05) is 51.1 Å². The number of carbonyl (C=O) groups is 3. The molecule has 1 atom stereocenters. The van der Waals surface area contributed by atoms with Gasteiger partial charge in [-0.15, -0.1) is 0 Å². The average molecular weight is 365 g/mol. The first-order valence-corrected chi connectivity index (χ1v) is 8.96. The third kappa shape index (κ3) is 3.84. The fraction of sp³-hybridized carbons (Fsp3) is 0.286. The van der Waals surface area contributed by atoms with Gasteiger partial charge < -0.3 is 10.2 Å². The van der Waals surface area contributed by atoms with Crippen LogP contribution in [0.2, 0.25) is 0 Å². The maximum atomic E-state index is 13.0. The van der Waals surface area contributed by atoms with Crippen LogP contribution in [-0.4, -0.2) is 34.8 Å². The predicted octanol–water partition coefficient (Wildman–Crippen LogP) is 3.57. The Hall–Kier alpha value is -3.15. The van der Waals surface area contributed by atoms with E-state index in [0.29, 0.717) is 11.4 Å². The number of amides is 4. The molecular weight excluding hydrogens is 342 g/mol. The molecule has 1 N–H and O–H groups in total. The normalized spacial score (nSPS) is 17.0. The smallest absolute Gasteiger partial charge is 0.326 e. The van der Waals surface area contributed by atoms with E-state index in [4.69, 9.17) is 0 Å². The first-order valence-electron chi connectivity index (χ1n) is 8.96. The van der Waals surface area contributed by atoms with Gasteiger partial charge in [0.2, 0.25) is 5.91 Å². The zero-order chi connectivity index (χ0) is 19.6. The van der Waals surface area contributed by atoms with E-state index in [1.54, 1.807) is 24.3 Å². The second-order valence-corrected chi connectivity index (χ2v) is 6.93. The van der Waals surface area contributed by atoms with Gasteiger partial charge in [-0.3, -0.25) is 9.59 Å². The van der Waals surface area contributed by atoms with Crippen LogP contribution in [0.25, 0.3) is 0 Å². The number of hydrogen-bond acceptors (Lipinski definition) is 3. The minimum absolute atomic E-state index is 0.0833. The molecule has 140 valence electrons. The fourth-order valence-corrected chi connectivity index (χ4v) is 3.22. The van der Waals surface area contributed by atoms with Crippen LogP contribution in [0.3, 0.4) is 0 Å². The van der Waals surface area contributed by atoms with Crippen molar-refractivity contribution in [1.29, 1.82) is 0 Å². The minimum Gasteiger partial charge on any atom is -0.326 e. The fourth-order valence-electron chi connectivity index (χ4n) is 3.22. The van der Waals surface area contributed by atoms with Crippen molar-refractivity contribution in [3.63, 3.8) is 0 Å². The number of benzene rings is 2. The Labute approximate surface area is 158 Å². The molecule has 1 saturated heterocycles. The maximum Gasteiger partial charge on any atom is 0.332 e. The Morgan fingerprint density at radius 2 is 1.67 bits per heavy atom. The van der Waals surface area contributed by atoms with Gasteiger partial charge in [0.1, 0.15) is 6.04 Å². The number of hydrogen-bond donors (Lipinski definition) is 1. The minimum atomic E-state index is -0.817. The first-order chi connectivity index (χ1) is 12.9. The molecule has 4 amide bonds. The molecule has 0 bridgehead atoms. The lowest BCUT2D eigenvalue weighted by atomic mass is 10.1. The molecule has 0 spiro atoms. The van der Waals surface area contributed by atoms with Crippen LogP contribution in [-0.2, 0) is 9.59 Å². The number of aryl methyl sites for hydroxylation is 1. The summed E-state index contributed by atoms with van der Waals surface area (Å²) in [5, 5.41) is 2.78. The summed E-state index contributed by atoms with van der Waals surface area (Å²) in [5.74, 6) is -0.676. The second kappa shape index (κ2) is 7.61. The van der Waals surface area contributed by atoms with E-state index in [0.717, 1.165) is 5.56 Å². The van der Waals surface area contributed by atoms with Gasteiger partial charge in [-0.1, -0.05) is 35.9 Å². The molecule has 0 aliphatic carbocycles. The molecule has 1 aliphatic heterocycles. The molecule has 1 heterocycles. The Morgan fingerprint density at radius 3 is 2.26 bits per heavy atom. The van der Waals surface area contributed by atoms with Crippen molar-refractivity contribution in [1.82, 2.24) is 4.90 Å². The standard InChI is InChI=1S/C21H23N3O3/c1-14(2)23-18(13-19(25)22-16-7-5-4-6-8-16)20(26)24(21(23)27)17-11-9-15(3)10-12-17/h4-12,14,18H,13H2,1-3H3,(H,22,25). The SMILES string of the molecule is Cc1ccc(N2C(=O)C(CC(=O)Nc3ccccc3)N(C(C)C)C2=O)cc1. The molecule has 1 fully saturated rings. The van der Waals surface area contributed by atoms with Gasteiger partial charge in [0, 0.05) is 11.7 Å². The lowest BCUT2D eigenvalue weighted by molar-refractivity contribution is -0.124. The molecule has 2 aromatic rings. The molecule has 1 unspecified atom stereocenters. The highest BCUT2D eigenvalue weighted by molar-refractivity contribution is 6.22. The van der Waals surface area contributed by atoms with Gasteiger partial charge in [-0.05, 0) is 45.0 Å². The molecule has 0 saturated carbocycles. The zero-order valence-electron chi connectivity index (χ0n) is 15.7. The Bertz CT molecular complexity index is 847. The predicted molar refractivity (Wildman–Crippen MR) is 105 cm³/mol. The van der Waals surface area contributed by atoms with Gasteiger partial charge >= 0.3 is 6.03 Å². The third-order valence-corrected chi connectivity index (χ3v) is 4.54. The highest BCUT2D eigenvalue weighted by atomic mass is 16.2. The van der Waals surface area contributed by atoms with Crippen molar-refractivity contribution in [3.05, 3.63) is 60.2 Å². The number of nitrogens with zero attached hydrogens (tertiary/aromatic N) is 2. The van der Waals surface area contributed by atoms with Crippen LogP contribution in [0.4, 0.5) is 16.2 Å². The van der Waals surface area contributed by atoms with E-state index in [9.17, 15) is 14.4 Å². The molecule has 6 heteroatoms. The number of nitrogens with one attached hydrogen (secondary N) is 1. The summed E-state index contributed by atoms with van der Waals surface area (Å²) in [6.45, 7) is 5.62. The molecule has 0 aromatic heterocycles. The van der Waals surface area contributed by atoms with Gasteiger partial charge in [-0.25, -0.2) is 9.69 Å². The summed E-state index contributed by atoms with van der Waals surface area (Å²) >= 11 is 0. The van der Waals surface area contributed by atoms with Crippen LogP contribution in [0.1, 0.15) is 25.8 Å². The quantitative estimate of drug-likeness (QED) is 0.824. The Morgan fingerprint density at radius 1 is 1.04 bits per heavy atom. The van der Waals surface area contributed by atoms with Gasteiger partial charge in [0.15, 0.2) is 0 Å². The van der Waals surface area contributed by atoms with Crippen molar-refractivity contribution in [2.75, 3.05) is 10.2 Å². The Kier molecular flexibility index (Phi) is 5.26. The van der Waals surface area contributed by atoms with Crippen molar-refractivity contribution in [2.45, 2.75) is 39.3 Å². The van der Waals surface area contributed by atoms with Crippen molar-refractivity contribution in [3.8, 4) is 0 Å². The van der Waals surface area contributed by atoms with E-state index in [2.05, 4.69) is 5.32 Å². The number of rotatable bonds is 5. The summed E-state index contributed by atoms with van der Waals surface area (Å²) in [5.41, 5.74) is 2.22. The summed E-state index contributed by atoms with van der Waals surface area (Å²) in [6.07, 6.45) is -0.0833. The topological polar surface area (TPSA) is 69.7 Å². The van der Waals surface area contributed by atoms with Gasteiger partial charge in [0.25, 0.3) is 5.91 Å². The molecular formula is C21H23N3O3. The van der Waals surface area contributed by atoms with E-state index in [-0.39, 0.29) is 24.3 Å². The van der Waals surface area contributed by atoms with Crippen LogP contribution in [0.15, 0.2) is 54.6 Å². The van der Waals surface area contributed by atoms with Crippen LogP contribution in [0.5, 0.6) is 0 Å². The number of carbonyl (C=O) groups excluding carboxylic acids is 3. The van der Waals surface area contributed by atoms with E-state index in [1.165, 1.54) is 9.80 Å². The molecule has 0 radical (unpaired) electrons. The Balaban J connectivity index is 1.82. The zero-order valence-corrected chi connectivity index (χ0v) is 15.7. The van der Waals surface area contributed by atoms with E-state index >= 15 is 0 Å². The summed E-state index contributed by atoms with van der Waals surface area (Å²) < 4.78 is 0. The van der Waals surface area contributed by atoms with Gasteiger partial charge in [-0.2, -0.15) is 0 Å². The summed E-state index contributed by atoms with van der Waals surface area (Å²) in [4.78, 5) is 41.0. The molecule has 27 heavy (non-hydrogen) atoms. The lowest BCUT2D eigenvalue weighted by Crippen LogP contribution is -2.42. The number of para-hydroxylation sites is 1. The number of anilines is 2. The average Bonchev–Trinajstić information content (AvgIpc) is 2.87. The molecule has 6 nitrogen and oxygen atoms in total. The van der Waals surface area contributed by atoms with Crippen molar-refractivity contribution >= 4 is 29.2 Å². The van der Waals surface area contributed by atoms with Crippen LogP contribution in [0, 0.1) is 6.92 Å². The van der Waals surface area contributed by atoms with Crippen molar-refractivity contribution in [2.24, 2.45) is 0 Å². The number of imide groups is 1. The largest absolute Gasteiger partial charge is 0.332 e. The molecule has 3 rings (SSSR count). The highest BCUT2D eigenvalue weighted by Gasteiger charge is 2.47.